The second-order valence-electron chi connectivity index (χ2n) is 8.61. The summed E-state index contributed by atoms with van der Waals surface area (Å²) in [5.74, 6) is -0.411. The monoisotopic (exact) mass is 484 g/mol. The van der Waals surface area contributed by atoms with Gasteiger partial charge in [0.15, 0.2) is 5.43 Å². The fraction of sp³-hybridized carbons (Fsp3) is 0.200. The van der Waals surface area contributed by atoms with Crippen LogP contribution < -0.4 is 10.7 Å². The molecule has 1 N–H and O–H groups in total. The summed E-state index contributed by atoms with van der Waals surface area (Å²) in [6.45, 7) is 7.98. The molecule has 0 saturated carbocycles. The highest BCUT2D eigenvalue weighted by atomic mass is 35.5. The van der Waals surface area contributed by atoms with Gasteiger partial charge >= 0.3 is 0 Å². The number of hydrogen-bond acceptors (Lipinski definition) is 2. The molecule has 178 valence electrons. The van der Waals surface area contributed by atoms with Gasteiger partial charge in [-0.25, -0.2) is 0 Å². The number of nitrogens with zero attached hydrogens (tertiary/aromatic N) is 1. The number of nitrogens with one attached hydrogen (secondary N) is 1. The lowest BCUT2D eigenvalue weighted by molar-refractivity contribution is 0.102. The summed E-state index contributed by atoms with van der Waals surface area (Å²) in [7, 11) is 0. The minimum Gasteiger partial charge on any atom is -0.321 e. The van der Waals surface area contributed by atoms with Gasteiger partial charge in [-0.2, -0.15) is 0 Å². The molecule has 1 amide bonds. The first-order chi connectivity index (χ1) is 16.8. The topological polar surface area (TPSA) is 51.1 Å². The molecule has 0 unspecified atom stereocenters. The lowest BCUT2D eigenvalue weighted by Crippen LogP contribution is -2.27. The van der Waals surface area contributed by atoms with Crippen LogP contribution in [0.2, 0.25) is 5.02 Å². The summed E-state index contributed by atoms with van der Waals surface area (Å²) < 4.78 is 1.96. The van der Waals surface area contributed by atoms with Crippen LogP contribution in [0.3, 0.4) is 0 Å². The molecule has 0 saturated heterocycles. The number of para-hydroxylation sites is 1. The van der Waals surface area contributed by atoms with E-state index in [2.05, 4.69) is 19.2 Å². The quantitative estimate of drug-likeness (QED) is 0.316. The van der Waals surface area contributed by atoms with Crippen LogP contribution in [0.4, 0.5) is 5.69 Å². The Bertz CT molecular complexity index is 1430. The van der Waals surface area contributed by atoms with Gasteiger partial charge in [0.25, 0.3) is 5.91 Å². The standard InChI is InChI=1S/C30H29ClN2O2/c1-5-21-11-9-12-22(6-2)28(21)32-30(35)27-26(34)18-20(4)33(24-16-14-23(31)15-17-24)29(27)25-13-8-7-10-19(25)3/h7-18H,5-6H2,1-4H3,(H,32,35). The van der Waals surface area contributed by atoms with Crippen molar-refractivity contribution in [2.75, 3.05) is 5.32 Å². The van der Waals surface area contributed by atoms with E-state index in [-0.39, 0.29) is 11.0 Å². The van der Waals surface area contributed by atoms with Crippen molar-refractivity contribution < 1.29 is 4.79 Å². The average Bonchev–Trinajstić information content (AvgIpc) is 2.84. The number of aromatic nitrogens is 1. The van der Waals surface area contributed by atoms with Crippen molar-refractivity contribution in [2.45, 2.75) is 40.5 Å². The van der Waals surface area contributed by atoms with Gasteiger partial charge in [0.1, 0.15) is 5.56 Å². The number of carbonyl (C=O) groups excluding carboxylic acids is 1. The number of benzene rings is 3. The molecule has 0 fully saturated rings. The zero-order chi connectivity index (χ0) is 25.1. The summed E-state index contributed by atoms with van der Waals surface area (Å²) in [4.78, 5) is 27.3. The lowest BCUT2D eigenvalue weighted by Gasteiger charge is -2.22. The summed E-state index contributed by atoms with van der Waals surface area (Å²) in [6, 6.07) is 22.8. The third-order valence-electron chi connectivity index (χ3n) is 6.35. The Kier molecular flexibility index (Phi) is 7.23. The fourth-order valence-electron chi connectivity index (χ4n) is 4.55. The largest absolute Gasteiger partial charge is 0.321 e. The van der Waals surface area contributed by atoms with E-state index in [1.165, 1.54) is 6.07 Å². The van der Waals surface area contributed by atoms with Crippen molar-refractivity contribution >= 4 is 23.2 Å². The molecule has 0 aliphatic carbocycles. The molecule has 0 aliphatic heterocycles. The van der Waals surface area contributed by atoms with E-state index in [4.69, 9.17) is 11.6 Å². The number of halogens is 1. The molecular weight excluding hydrogens is 456 g/mol. The molecule has 4 nitrogen and oxygen atoms in total. The normalized spacial score (nSPS) is 10.9. The molecule has 0 atom stereocenters. The Balaban J connectivity index is 2.00. The van der Waals surface area contributed by atoms with Crippen molar-refractivity contribution in [1.29, 1.82) is 0 Å². The number of carbonyl (C=O) groups is 1. The number of hydrogen-bond donors (Lipinski definition) is 1. The number of amides is 1. The van der Waals surface area contributed by atoms with Crippen molar-refractivity contribution in [3.05, 3.63) is 116 Å². The molecule has 1 aromatic heterocycles. The maximum absolute atomic E-state index is 13.9. The Morgan fingerprint density at radius 3 is 2.11 bits per heavy atom. The van der Waals surface area contributed by atoms with Crippen LogP contribution in [-0.2, 0) is 12.8 Å². The van der Waals surface area contributed by atoms with E-state index in [1.54, 1.807) is 12.1 Å². The zero-order valence-electron chi connectivity index (χ0n) is 20.5. The zero-order valence-corrected chi connectivity index (χ0v) is 21.2. The number of anilines is 1. The number of rotatable bonds is 6. The maximum Gasteiger partial charge on any atom is 0.261 e. The van der Waals surface area contributed by atoms with Crippen molar-refractivity contribution in [3.8, 4) is 16.9 Å². The highest BCUT2D eigenvalue weighted by Gasteiger charge is 2.24. The highest BCUT2D eigenvalue weighted by Crippen LogP contribution is 2.31. The fourth-order valence-corrected chi connectivity index (χ4v) is 4.67. The van der Waals surface area contributed by atoms with Crippen LogP contribution in [-0.4, -0.2) is 10.5 Å². The first-order valence-corrected chi connectivity index (χ1v) is 12.2. The van der Waals surface area contributed by atoms with E-state index in [9.17, 15) is 9.59 Å². The van der Waals surface area contributed by atoms with Gasteiger partial charge in [-0.1, -0.05) is 67.9 Å². The third-order valence-corrected chi connectivity index (χ3v) is 6.60. The van der Waals surface area contributed by atoms with E-state index in [1.807, 2.05) is 73.0 Å². The SMILES string of the molecule is CCc1cccc(CC)c1NC(=O)c1c(-c2ccccc2C)n(-c2ccc(Cl)cc2)c(C)cc1=O. The van der Waals surface area contributed by atoms with Crippen LogP contribution in [0.5, 0.6) is 0 Å². The first kappa shape index (κ1) is 24.5. The van der Waals surface area contributed by atoms with Gasteiger partial charge < -0.3 is 9.88 Å². The van der Waals surface area contributed by atoms with Gasteiger partial charge in [0.05, 0.1) is 5.69 Å². The number of aryl methyl sites for hydroxylation is 4. The van der Waals surface area contributed by atoms with Crippen LogP contribution in [0, 0.1) is 13.8 Å². The molecule has 4 rings (SSSR count). The minimum atomic E-state index is -0.411. The van der Waals surface area contributed by atoms with Gasteiger partial charge in [-0.05, 0) is 67.6 Å². The highest BCUT2D eigenvalue weighted by molar-refractivity contribution is 6.30. The van der Waals surface area contributed by atoms with Crippen LogP contribution in [0.25, 0.3) is 16.9 Å². The summed E-state index contributed by atoms with van der Waals surface area (Å²) in [5, 5.41) is 3.72. The second-order valence-corrected chi connectivity index (χ2v) is 9.05. The predicted molar refractivity (Wildman–Crippen MR) is 145 cm³/mol. The van der Waals surface area contributed by atoms with Crippen LogP contribution >= 0.6 is 11.6 Å². The Morgan fingerprint density at radius 2 is 1.51 bits per heavy atom. The third kappa shape index (κ3) is 4.80. The van der Waals surface area contributed by atoms with Crippen LogP contribution in [0.15, 0.2) is 77.6 Å². The van der Waals surface area contributed by atoms with Gasteiger partial charge in [-0.3, -0.25) is 9.59 Å². The van der Waals surface area contributed by atoms with E-state index >= 15 is 0 Å². The van der Waals surface area contributed by atoms with Gasteiger partial charge in [0.2, 0.25) is 0 Å². The minimum absolute atomic E-state index is 0.118. The van der Waals surface area contributed by atoms with Gasteiger partial charge in [0, 0.05) is 33.7 Å². The maximum atomic E-state index is 13.9. The molecule has 0 bridgehead atoms. The first-order valence-electron chi connectivity index (χ1n) is 11.9. The summed E-state index contributed by atoms with van der Waals surface area (Å²) in [5.41, 5.74) is 6.60. The molecule has 3 aromatic carbocycles. The molecule has 0 spiro atoms. The molecular formula is C30H29ClN2O2. The Hall–Kier alpha value is -3.63. The smallest absolute Gasteiger partial charge is 0.261 e. The lowest BCUT2D eigenvalue weighted by atomic mass is 9.97. The molecule has 0 aliphatic rings. The molecule has 0 radical (unpaired) electrons. The van der Waals surface area contributed by atoms with Gasteiger partial charge in [-0.15, -0.1) is 0 Å². The van der Waals surface area contributed by atoms with E-state index < -0.39 is 5.91 Å². The summed E-state index contributed by atoms with van der Waals surface area (Å²) >= 11 is 6.15. The van der Waals surface area contributed by atoms with E-state index in [0.29, 0.717) is 10.7 Å². The Labute approximate surface area is 211 Å². The molecule has 1 heterocycles. The second kappa shape index (κ2) is 10.3. The van der Waals surface area contributed by atoms with Crippen molar-refractivity contribution in [2.24, 2.45) is 0 Å². The van der Waals surface area contributed by atoms with Crippen LogP contribution in [0.1, 0.15) is 46.6 Å². The van der Waals surface area contributed by atoms with Crippen molar-refractivity contribution in [3.63, 3.8) is 0 Å². The summed E-state index contributed by atoms with van der Waals surface area (Å²) in [6.07, 6.45) is 1.55. The average molecular weight is 485 g/mol. The van der Waals surface area contributed by atoms with E-state index in [0.717, 1.165) is 52.2 Å². The molecule has 4 aromatic rings. The predicted octanol–water partition coefficient (Wildman–Crippen LogP) is 7.15. The Morgan fingerprint density at radius 1 is 0.886 bits per heavy atom. The number of pyridine rings is 1. The van der Waals surface area contributed by atoms with Crippen molar-refractivity contribution in [1.82, 2.24) is 4.57 Å². The molecule has 5 heteroatoms. The molecule has 35 heavy (non-hydrogen) atoms.